The predicted molar refractivity (Wildman–Crippen MR) is 70.6 cm³/mol. The van der Waals surface area contributed by atoms with Gasteiger partial charge in [-0.15, -0.1) is 0 Å². The molecule has 1 atom stereocenters. The number of sulfone groups is 1. The summed E-state index contributed by atoms with van der Waals surface area (Å²) in [5.74, 6) is 1.48. The second-order valence-electron chi connectivity index (χ2n) is 5.07. The van der Waals surface area contributed by atoms with Gasteiger partial charge < -0.3 is 4.40 Å². The largest absolute Gasteiger partial charge is 0.303 e. The van der Waals surface area contributed by atoms with E-state index in [1.807, 2.05) is 35.9 Å². The Hall–Kier alpha value is -1.36. The van der Waals surface area contributed by atoms with Gasteiger partial charge in [0, 0.05) is 12.1 Å². The van der Waals surface area contributed by atoms with E-state index in [9.17, 15) is 8.42 Å². The summed E-state index contributed by atoms with van der Waals surface area (Å²) < 4.78 is 25.5. The van der Waals surface area contributed by atoms with Crippen LogP contribution >= 0.6 is 0 Å². The van der Waals surface area contributed by atoms with Crippen molar-refractivity contribution in [3.05, 3.63) is 35.9 Å². The Morgan fingerprint density at radius 1 is 1.39 bits per heavy atom. The minimum atomic E-state index is -2.89. The first-order chi connectivity index (χ1) is 8.55. The predicted octanol–water partition coefficient (Wildman–Crippen LogP) is 1.93. The van der Waals surface area contributed by atoms with Crippen LogP contribution in [0.2, 0.25) is 0 Å². The van der Waals surface area contributed by atoms with E-state index < -0.39 is 9.84 Å². The van der Waals surface area contributed by atoms with E-state index in [-0.39, 0.29) is 11.7 Å². The molecule has 96 valence electrons. The highest BCUT2D eigenvalue weighted by atomic mass is 32.2. The number of imidazole rings is 1. The molecule has 4 nitrogen and oxygen atoms in total. The van der Waals surface area contributed by atoms with Crippen LogP contribution < -0.4 is 0 Å². The van der Waals surface area contributed by atoms with Crippen LogP contribution in [0.3, 0.4) is 0 Å². The second kappa shape index (κ2) is 4.09. The van der Waals surface area contributed by atoms with E-state index >= 15 is 0 Å². The molecule has 0 radical (unpaired) electrons. The fourth-order valence-electron chi connectivity index (χ4n) is 2.65. The Morgan fingerprint density at radius 2 is 2.22 bits per heavy atom. The molecule has 1 fully saturated rings. The standard InChI is InChI=1S/C13H16N2O2S/c1-10-4-5-12-7-14-13(15(12)8-10)11-3-2-6-18(16,17)9-11/h4-5,7-8,11H,2-3,6,9H2,1H3. The van der Waals surface area contributed by atoms with Crippen molar-refractivity contribution in [1.82, 2.24) is 9.38 Å². The number of aromatic nitrogens is 2. The van der Waals surface area contributed by atoms with Gasteiger partial charge in [-0.3, -0.25) is 0 Å². The summed E-state index contributed by atoms with van der Waals surface area (Å²) in [6, 6.07) is 4.06. The van der Waals surface area contributed by atoms with Crippen LogP contribution in [0.5, 0.6) is 0 Å². The highest BCUT2D eigenvalue weighted by Crippen LogP contribution is 2.28. The number of rotatable bonds is 1. The number of nitrogens with zero attached hydrogens (tertiary/aromatic N) is 2. The van der Waals surface area contributed by atoms with E-state index in [4.69, 9.17) is 0 Å². The molecule has 0 N–H and O–H groups in total. The van der Waals surface area contributed by atoms with Crippen molar-refractivity contribution >= 4 is 15.4 Å². The topological polar surface area (TPSA) is 51.4 Å². The maximum Gasteiger partial charge on any atom is 0.151 e. The summed E-state index contributed by atoms with van der Waals surface area (Å²) >= 11 is 0. The smallest absolute Gasteiger partial charge is 0.151 e. The van der Waals surface area contributed by atoms with Gasteiger partial charge in [-0.2, -0.15) is 0 Å². The summed E-state index contributed by atoms with van der Waals surface area (Å²) in [6.45, 7) is 2.03. The van der Waals surface area contributed by atoms with Crippen LogP contribution in [0.25, 0.3) is 5.52 Å². The Bertz CT molecular complexity index is 688. The van der Waals surface area contributed by atoms with Crippen LogP contribution in [0.1, 0.15) is 30.1 Å². The molecule has 0 bridgehead atoms. The summed E-state index contributed by atoms with van der Waals surface area (Å²) in [5, 5.41) is 0. The van der Waals surface area contributed by atoms with Crippen molar-refractivity contribution in [2.75, 3.05) is 11.5 Å². The fourth-order valence-corrected chi connectivity index (χ4v) is 4.35. The minimum Gasteiger partial charge on any atom is -0.303 e. The van der Waals surface area contributed by atoms with Crippen molar-refractivity contribution in [3.8, 4) is 0 Å². The van der Waals surface area contributed by atoms with Crippen LogP contribution in [0.15, 0.2) is 24.5 Å². The molecule has 2 aromatic heterocycles. The molecule has 5 heteroatoms. The summed E-state index contributed by atoms with van der Waals surface area (Å²) in [4.78, 5) is 4.42. The van der Waals surface area contributed by atoms with Crippen molar-refractivity contribution in [2.24, 2.45) is 0 Å². The van der Waals surface area contributed by atoms with E-state index in [1.165, 1.54) is 0 Å². The molecule has 1 aliphatic rings. The monoisotopic (exact) mass is 264 g/mol. The Labute approximate surface area is 107 Å². The van der Waals surface area contributed by atoms with Gasteiger partial charge in [0.1, 0.15) is 5.82 Å². The molecule has 1 aliphatic heterocycles. The molecule has 0 aromatic carbocycles. The van der Waals surface area contributed by atoms with Gasteiger partial charge >= 0.3 is 0 Å². The molecule has 0 aliphatic carbocycles. The molecule has 18 heavy (non-hydrogen) atoms. The van der Waals surface area contributed by atoms with Crippen molar-refractivity contribution in [1.29, 1.82) is 0 Å². The lowest BCUT2D eigenvalue weighted by molar-refractivity contribution is 0.542. The molecular formula is C13H16N2O2S. The highest BCUT2D eigenvalue weighted by molar-refractivity contribution is 7.91. The van der Waals surface area contributed by atoms with Crippen LogP contribution in [-0.2, 0) is 9.84 Å². The Balaban J connectivity index is 2.06. The molecular weight excluding hydrogens is 248 g/mol. The van der Waals surface area contributed by atoms with Crippen molar-refractivity contribution in [3.63, 3.8) is 0 Å². The normalized spacial score (nSPS) is 23.3. The molecule has 3 heterocycles. The maximum absolute atomic E-state index is 11.7. The average Bonchev–Trinajstić information content (AvgIpc) is 2.70. The van der Waals surface area contributed by atoms with Gasteiger partial charge in [-0.1, -0.05) is 6.07 Å². The molecule has 3 rings (SSSR count). The second-order valence-corrected chi connectivity index (χ2v) is 7.30. The van der Waals surface area contributed by atoms with E-state index in [1.54, 1.807) is 0 Å². The van der Waals surface area contributed by atoms with Gasteiger partial charge in [0.2, 0.25) is 0 Å². The number of pyridine rings is 1. The van der Waals surface area contributed by atoms with Gasteiger partial charge in [0.05, 0.1) is 23.2 Å². The van der Waals surface area contributed by atoms with Crippen molar-refractivity contribution < 1.29 is 8.42 Å². The molecule has 1 unspecified atom stereocenters. The zero-order valence-electron chi connectivity index (χ0n) is 10.3. The van der Waals surface area contributed by atoms with Gasteiger partial charge in [0.25, 0.3) is 0 Å². The van der Waals surface area contributed by atoms with Gasteiger partial charge in [-0.25, -0.2) is 13.4 Å². The third-order valence-electron chi connectivity index (χ3n) is 3.53. The average molecular weight is 264 g/mol. The number of fused-ring (bicyclic) bond motifs is 1. The van der Waals surface area contributed by atoms with Crippen LogP contribution in [0.4, 0.5) is 0 Å². The fraction of sp³-hybridized carbons (Fsp3) is 0.462. The summed E-state index contributed by atoms with van der Waals surface area (Å²) in [7, 11) is -2.89. The SMILES string of the molecule is Cc1ccc2cnc(C3CCCS(=O)(=O)C3)n2c1. The maximum atomic E-state index is 11.7. The number of hydrogen-bond donors (Lipinski definition) is 0. The molecule has 2 aromatic rings. The Kier molecular flexibility index (Phi) is 2.66. The third kappa shape index (κ3) is 2.03. The van der Waals surface area contributed by atoms with E-state index in [0.717, 1.165) is 29.7 Å². The lowest BCUT2D eigenvalue weighted by Crippen LogP contribution is -2.25. The summed E-state index contributed by atoms with van der Waals surface area (Å²) in [6.07, 6.45) is 5.49. The quantitative estimate of drug-likeness (QED) is 0.791. The van der Waals surface area contributed by atoms with Gasteiger partial charge in [-0.05, 0) is 31.4 Å². The van der Waals surface area contributed by atoms with Crippen molar-refractivity contribution in [2.45, 2.75) is 25.7 Å². The minimum absolute atomic E-state index is 0.0352. The Morgan fingerprint density at radius 3 is 3.00 bits per heavy atom. The van der Waals surface area contributed by atoms with Crippen LogP contribution in [-0.4, -0.2) is 29.3 Å². The number of aryl methyl sites for hydroxylation is 1. The first-order valence-corrected chi connectivity index (χ1v) is 8.01. The molecule has 0 saturated carbocycles. The van der Waals surface area contributed by atoms with E-state index in [2.05, 4.69) is 4.98 Å². The molecule has 0 amide bonds. The van der Waals surface area contributed by atoms with Gasteiger partial charge in [0.15, 0.2) is 9.84 Å². The molecule has 1 saturated heterocycles. The first-order valence-electron chi connectivity index (χ1n) is 6.19. The highest BCUT2D eigenvalue weighted by Gasteiger charge is 2.28. The zero-order valence-corrected chi connectivity index (χ0v) is 11.2. The first kappa shape index (κ1) is 11.7. The van der Waals surface area contributed by atoms with E-state index in [0.29, 0.717) is 5.75 Å². The molecule has 0 spiro atoms. The third-order valence-corrected chi connectivity index (χ3v) is 5.35. The van der Waals surface area contributed by atoms with Crippen LogP contribution in [0, 0.1) is 6.92 Å². The zero-order chi connectivity index (χ0) is 12.8. The lowest BCUT2D eigenvalue weighted by atomic mass is 10.0. The lowest BCUT2D eigenvalue weighted by Gasteiger charge is -2.21. The summed E-state index contributed by atoms with van der Waals surface area (Å²) in [5.41, 5.74) is 2.18. The number of hydrogen-bond acceptors (Lipinski definition) is 3.